The van der Waals surface area contributed by atoms with Gasteiger partial charge in [-0.2, -0.15) is 0 Å². The molecule has 0 aromatic heterocycles. The molecule has 27 heavy (non-hydrogen) atoms. The Morgan fingerprint density at radius 1 is 0.889 bits per heavy atom. The van der Waals surface area contributed by atoms with Gasteiger partial charge in [-0.25, -0.2) is 0 Å². The van der Waals surface area contributed by atoms with Gasteiger partial charge in [0.25, 0.3) is 8.32 Å². The Bertz CT molecular complexity index is 679. The average Bonchev–Trinajstić information content (AvgIpc) is 2.70. The van der Waals surface area contributed by atoms with Crippen LogP contribution in [0.15, 0.2) is 60.7 Å². The standard InChI is InChI=1S/C24H32O2Si/c1-24(2,19-21-15-13-20(14-16-21)17-18-25)27(26,22-9-5-3-6-10-22)23-11-7-4-8-12-23/h3-12,18,20-21,26H,13-17,19H2,1-2H3/t20-,21+. The lowest BCUT2D eigenvalue weighted by atomic mass is 9.77. The van der Waals surface area contributed by atoms with Crippen molar-refractivity contribution < 1.29 is 9.59 Å². The maximum absolute atomic E-state index is 12.2. The normalized spacial score (nSPS) is 21.0. The minimum absolute atomic E-state index is 0.169. The highest BCUT2D eigenvalue weighted by molar-refractivity contribution is 6.98. The molecule has 3 rings (SSSR count). The molecule has 3 heteroatoms. The number of benzene rings is 2. The highest BCUT2D eigenvalue weighted by Crippen LogP contribution is 2.45. The minimum Gasteiger partial charge on any atom is -0.424 e. The smallest absolute Gasteiger partial charge is 0.258 e. The second kappa shape index (κ2) is 8.53. The Morgan fingerprint density at radius 3 is 1.78 bits per heavy atom. The lowest BCUT2D eigenvalue weighted by molar-refractivity contribution is -0.108. The summed E-state index contributed by atoms with van der Waals surface area (Å²) in [6, 6.07) is 20.6. The maximum atomic E-state index is 12.2. The molecule has 0 atom stereocenters. The second-order valence-electron chi connectivity index (χ2n) is 8.82. The van der Waals surface area contributed by atoms with Gasteiger partial charge in [-0.15, -0.1) is 0 Å². The van der Waals surface area contributed by atoms with Crippen LogP contribution in [0.3, 0.4) is 0 Å². The third kappa shape index (κ3) is 4.25. The molecule has 0 saturated heterocycles. The topological polar surface area (TPSA) is 37.3 Å². The van der Waals surface area contributed by atoms with E-state index in [9.17, 15) is 9.59 Å². The molecule has 2 aromatic rings. The van der Waals surface area contributed by atoms with E-state index in [2.05, 4.69) is 38.1 Å². The number of carbonyl (C=O) groups excluding carboxylic acids is 1. The summed E-state index contributed by atoms with van der Waals surface area (Å²) in [6.45, 7) is 4.52. The van der Waals surface area contributed by atoms with Crippen molar-refractivity contribution in [1.29, 1.82) is 0 Å². The quantitative estimate of drug-likeness (QED) is 0.574. The minimum atomic E-state index is -2.90. The first-order valence-corrected chi connectivity index (χ1v) is 12.2. The van der Waals surface area contributed by atoms with Crippen LogP contribution in [0.4, 0.5) is 0 Å². The molecule has 1 saturated carbocycles. The first kappa shape index (κ1) is 20.0. The van der Waals surface area contributed by atoms with Crippen molar-refractivity contribution in [3.05, 3.63) is 60.7 Å². The SMILES string of the molecule is CC(C)(C[C@H]1CC[C@@H](CC=O)CC1)[Si](O)(c1ccccc1)c1ccccc1. The van der Waals surface area contributed by atoms with Crippen molar-refractivity contribution in [3.8, 4) is 0 Å². The molecule has 1 aliphatic rings. The van der Waals surface area contributed by atoms with Crippen LogP contribution < -0.4 is 10.4 Å². The molecule has 0 unspecified atom stereocenters. The molecular weight excluding hydrogens is 348 g/mol. The predicted molar refractivity (Wildman–Crippen MR) is 115 cm³/mol. The Kier molecular flexibility index (Phi) is 6.33. The molecule has 0 radical (unpaired) electrons. The van der Waals surface area contributed by atoms with Crippen molar-refractivity contribution in [3.63, 3.8) is 0 Å². The summed E-state index contributed by atoms with van der Waals surface area (Å²) in [5.41, 5.74) is 0. The molecule has 2 aromatic carbocycles. The van der Waals surface area contributed by atoms with E-state index in [4.69, 9.17) is 0 Å². The van der Waals surface area contributed by atoms with Crippen molar-refractivity contribution in [2.75, 3.05) is 0 Å². The van der Waals surface area contributed by atoms with Crippen LogP contribution >= 0.6 is 0 Å². The van der Waals surface area contributed by atoms with Crippen LogP contribution in [0.5, 0.6) is 0 Å². The molecule has 0 heterocycles. The van der Waals surface area contributed by atoms with Crippen molar-refractivity contribution in [2.24, 2.45) is 11.8 Å². The van der Waals surface area contributed by atoms with Gasteiger partial charge in [0.1, 0.15) is 6.29 Å². The summed E-state index contributed by atoms with van der Waals surface area (Å²) < 4.78 is 0. The number of hydrogen-bond donors (Lipinski definition) is 1. The van der Waals surface area contributed by atoms with Crippen molar-refractivity contribution in [1.82, 2.24) is 0 Å². The second-order valence-corrected chi connectivity index (χ2v) is 12.7. The van der Waals surface area contributed by atoms with Gasteiger partial charge in [-0.3, -0.25) is 0 Å². The van der Waals surface area contributed by atoms with E-state index in [1.165, 1.54) is 12.8 Å². The van der Waals surface area contributed by atoms with Gasteiger partial charge in [0.2, 0.25) is 0 Å². The molecule has 1 aliphatic carbocycles. The van der Waals surface area contributed by atoms with E-state index in [1.807, 2.05) is 36.4 Å². The van der Waals surface area contributed by atoms with Gasteiger partial charge in [-0.05, 0) is 46.5 Å². The van der Waals surface area contributed by atoms with Gasteiger partial charge in [0.05, 0.1) is 0 Å². The van der Waals surface area contributed by atoms with E-state index >= 15 is 0 Å². The van der Waals surface area contributed by atoms with Crippen LogP contribution in [0.25, 0.3) is 0 Å². The van der Waals surface area contributed by atoms with Gasteiger partial charge in [0, 0.05) is 6.42 Å². The van der Waals surface area contributed by atoms with E-state index < -0.39 is 8.32 Å². The molecule has 0 amide bonds. The third-order valence-electron chi connectivity index (χ3n) is 6.56. The predicted octanol–water partition coefficient (Wildman–Crippen LogP) is 4.30. The van der Waals surface area contributed by atoms with Gasteiger partial charge >= 0.3 is 0 Å². The van der Waals surface area contributed by atoms with Crippen LogP contribution in [0.2, 0.25) is 5.04 Å². The summed E-state index contributed by atoms with van der Waals surface area (Å²) in [6.07, 6.45) is 7.47. The molecule has 0 bridgehead atoms. The first-order chi connectivity index (χ1) is 13.0. The summed E-state index contributed by atoms with van der Waals surface area (Å²) in [5.74, 6) is 1.20. The van der Waals surface area contributed by atoms with Gasteiger partial charge in [-0.1, -0.05) is 87.4 Å². The van der Waals surface area contributed by atoms with Crippen LogP contribution in [0.1, 0.15) is 52.4 Å². The fourth-order valence-electron chi connectivity index (χ4n) is 4.98. The molecule has 0 aliphatic heterocycles. The van der Waals surface area contributed by atoms with Crippen molar-refractivity contribution in [2.45, 2.75) is 57.4 Å². The number of hydrogen-bond acceptors (Lipinski definition) is 2. The largest absolute Gasteiger partial charge is 0.424 e. The third-order valence-corrected chi connectivity index (χ3v) is 11.1. The molecule has 144 valence electrons. The highest BCUT2D eigenvalue weighted by Gasteiger charge is 2.50. The van der Waals surface area contributed by atoms with E-state index in [0.717, 1.165) is 35.9 Å². The summed E-state index contributed by atoms with van der Waals surface area (Å²) in [7, 11) is -2.90. The fraction of sp³-hybridized carbons (Fsp3) is 0.458. The molecular formula is C24H32O2Si. The molecule has 2 nitrogen and oxygen atoms in total. The maximum Gasteiger partial charge on any atom is 0.258 e. The Labute approximate surface area is 164 Å². The molecule has 0 spiro atoms. The van der Waals surface area contributed by atoms with Crippen molar-refractivity contribution >= 4 is 25.0 Å². The zero-order valence-corrected chi connectivity index (χ0v) is 17.6. The van der Waals surface area contributed by atoms with E-state index in [-0.39, 0.29) is 5.04 Å². The highest BCUT2D eigenvalue weighted by atomic mass is 28.4. The summed E-state index contributed by atoms with van der Waals surface area (Å²) >= 11 is 0. The fourth-order valence-corrected chi connectivity index (χ4v) is 8.81. The molecule has 1 N–H and O–H groups in total. The van der Waals surface area contributed by atoms with Gasteiger partial charge in [0.15, 0.2) is 0 Å². The molecule has 1 fully saturated rings. The first-order valence-electron chi connectivity index (χ1n) is 10.2. The number of aldehydes is 1. The van der Waals surface area contributed by atoms with Crippen LogP contribution in [-0.4, -0.2) is 19.4 Å². The zero-order chi connectivity index (χ0) is 19.3. The Hall–Kier alpha value is -1.71. The monoisotopic (exact) mass is 380 g/mol. The lowest BCUT2D eigenvalue weighted by Gasteiger charge is -2.44. The summed E-state index contributed by atoms with van der Waals surface area (Å²) in [5, 5.41) is 2.02. The van der Waals surface area contributed by atoms with E-state index in [0.29, 0.717) is 18.3 Å². The Balaban J connectivity index is 1.87. The van der Waals surface area contributed by atoms with Crippen LogP contribution in [0, 0.1) is 11.8 Å². The number of rotatable bonds is 7. The van der Waals surface area contributed by atoms with Gasteiger partial charge < -0.3 is 9.59 Å². The number of carbonyl (C=O) groups is 1. The lowest BCUT2D eigenvalue weighted by Crippen LogP contribution is -2.65. The average molecular weight is 381 g/mol. The van der Waals surface area contributed by atoms with Crippen LogP contribution in [-0.2, 0) is 4.79 Å². The summed E-state index contributed by atoms with van der Waals surface area (Å²) in [4.78, 5) is 23.0. The van der Waals surface area contributed by atoms with E-state index in [1.54, 1.807) is 0 Å². The Morgan fingerprint density at radius 2 is 1.33 bits per heavy atom. The zero-order valence-electron chi connectivity index (χ0n) is 16.6.